The lowest BCUT2D eigenvalue weighted by Crippen LogP contribution is -2.35. The Morgan fingerprint density at radius 1 is 1.53 bits per heavy atom. The van der Waals surface area contributed by atoms with Gasteiger partial charge >= 0.3 is 0 Å². The number of sulfone groups is 1. The predicted molar refractivity (Wildman–Crippen MR) is 89.0 cm³/mol. The van der Waals surface area contributed by atoms with Gasteiger partial charge in [0.25, 0.3) is 0 Å². The van der Waals surface area contributed by atoms with Crippen molar-refractivity contribution in [1.29, 1.82) is 0 Å². The highest BCUT2D eigenvalue weighted by Crippen LogP contribution is 2.25. The Kier molecular flexibility index (Phi) is 5.63. The molecule has 1 heterocycles. The molecule has 1 aliphatic rings. The summed E-state index contributed by atoms with van der Waals surface area (Å²) in [6, 6.07) is 3.93. The summed E-state index contributed by atoms with van der Waals surface area (Å²) in [7, 11) is -1.17. The first-order valence-corrected chi connectivity index (χ1v) is 8.40. The lowest BCUT2D eigenvalue weighted by molar-refractivity contribution is 0.487. The molecule has 0 atom stereocenters. The van der Waals surface area contributed by atoms with Crippen molar-refractivity contribution >= 4 is 51.1 Å². The molecule has 1 aromatic heterocycles. The molecule has 2 N–H and O–H groups in total. The fraction of sp³-hybridized carbons (Fsp3) is 0.545. The van der Waals surface area contributed by atoms with E-state index in [2.05, 4.69) is 4.99 Å². The van der Waals surface area contributed by atoms with Crippen LogP contribution in [0, 0.1) is 0 Å². The van der Waals surface area contributed by atoms with E-state index in [9.17, 15) is 8.42 Å². The Bertz CT molecular complexity index is 564. The van der Waals surface area contributed by atoms with Crippen LogP contribution in [0.4, 0.5) is 0 Å². The summed E-state index contributed by atoms with van der Waals surface area (Å²) in [6.07, 6.45) is 3.55. The molecular weight excluding hydrogens is 397 g/mol. The molecule has 1 aliphatic carbocycles. The molecule has 0 aliphatic heterocycles. The van der Waals surface area contributed by atoms with Crippen LogP contribution in [-0.2, 0) is 16.4 Å². The Labute approximate surface area is 134 Å². The number of aliphatic imine (C=N–C) groups is 1. The quantitative estimate of drug-likeness (QED) is 0.461. The zero-order chi connectivity index (χ0) is 13.3. The first-order valence-electron chi connectivity index (χ1n) is 5.69. The fourth-order valence-electron chi connectivity index (χ4n) is 1.56. The average molecular weight is 415 g/mol. The van der Waals surface area contributed by atoms with E-state index < -0.39 is 9.84 Å². The number of halogens is 1. The number of hydrogen-bond acceptors (Lipinski definition) is 4. The highest BCUT2D eigenvalue weighted by atomic mass is 127. The molecular formula is C11H18IN3O2S2. The van der Waals surface area contributed by atoms with Gasteiger partial charge in [0, 0.05) is 24.2 Å². The monoisotopic (exact) mass is 415 g/mol. The van der Waals surface area contributed by atoms with E-state index >= 15 is 0 Å². The molecule has 19 heavy (non-hydrogen) atoms. The van der Waals surface area contributed by atoms with Crippen LogP contribution in [0.15, 0.2) is 21.3 Å². The molecule has 0 saturated heterocycles. The topological polar surface area (TPSA) is 75.8 Å². The molecule has 2 rings (SSSR count). The second kappa shape index (κ2) is 6.40. The molecule has 0 unspecified atom stereocenters. The first kappa shape index (κ1) is 16.7. The molecule has 0 amide bonds. The van der Waals surface area contributed by atoms with Crippen LogP contribution < -0.4 is 5.73 Å². The second-order valence-electron chi connectivity index (χ2n) is 4.51. The highest BCUT2D eigenvalue weighted by molar-refractivity contribution is 14.0. The molecule has 108 valence electrons. The number of nitrogens with two attached hydrogens (primary N) is 1. The maximum absolute atomic E-state index is 11.3. The fourth-order valence-corrected chi connectivity index (χ4v) is 3.46. The van der Waals surface area contributed by atoms with Gasteiger partial charge in [-0.2, -0.15) is 0 Å². The van der Waals surface area contributed by atoms with E-state index in [1.807, 2.05) is 11.9 Å². The summed E-state index contributed by atoms with van der Waals surface area (Å²) in [5, 5.41) is 0. The summed E-state index contributed by atoms with van der Waals surface area (Å²) >= 11 is 1.25. The third-order valence-electron chi connectivity index (χ3n) is 2.86. The lowest BCUT2D eigenvalue weighted by atomic mass is 10.5. The van der Waals surface area contributed by atoms with Gasteiger partial charge in [-0.1, -0.05) is 0 Å². The van der Waals surface area contributed by atoms with Gasteiger partial charge < -0.3 is 10.6 Å². The average Bonchev–Trinajstić information content (AvgIpc) is 3.02. The van der Waals surface area contributed by atoms with Crippen molar-refractivity contribution in [2.24, 2.45) is 10.7 Å². The maximum atomic E-state index is 11.3. The van der Waals surface area contributed by atoms with Gasteiger partial charge in [0.2, 0.25) is 0 Å². The standard InChI is InChI=1S/C11H17N3O2S2.HI/c1-14(8-3-4-8)11(12)13-7-9-5-6-10(17-9)18(2,15)16;/h5-6,8H,3-4,7H2,1-2H3,(H2,12,13);1H. The van der Waals surface area contributed by atoms with Crippen LogP contribution in [-0.4, -0.2) is 38.6 Å². The number of nitrogens with zero attached hydrogens (tertiary/aromatic N) is 2. The van der Waals surface area contributed by atoms with E-state index in [0.29, 0.717) is 22.8 Å². The van der Waals surface area contributed by atoms with Gasteiger partial charge in [0.15, 0.2) is 15.8 Å². The van der Waals surface area contributed by atoms with Crippen LogP contribution in [0.5, 0.6) is 0 Å². The minimum Gasteiger partial charge on any atom is -0.370 e. The molecule has 0 spiro atoms. The highest BCUT2D eigenvalue weighted by Gasteiger charge is 2.27. The van der Waals surface area contributed by atoms with Crippen LogP contribution in [0.25, 0.3) is 0 Å². The van der Waals surface area contributed by atoms with E-state index in [4.69, 9.17) is 5.73 Å². The van der Waals surface area contributed by atoms with E-state index in [1.165, 1.54) is 30.4 Å². The van der Waals surface area contributed by atoms with Gasteiger partial charge in [0.1, 0.15) is 4.21 Å². The van der Waals surface area contributed by atoms with Crippen molar-refractivity contribution in [3.8, 4) is 0 Å². The normalized spacial score (nSPS) is 16.0. The molecule has 0 bridgehead atoms. The minimum absolute atomic E-state index is 0. The predicted octanol–water partition coefficient (Wildman–Crippen LogP) is 1.68. The van der Waals surface area contributed by atoms with Crippen molar-refractivity contribution in [2.75, 3.05) is 13.3 Å². The lowest BCUT2D eigenvalue weighted by Gasteiger charge is -2.16. The zero-order valence-corrected chi connectivity index (χ0v) is 14.8. The minimum atomic E-state index is -3.11. The molecule has 1 saturated carbocycles. The second-order valence-corrected chi connectivity index (χ2v) is 7.92. The third kappa shape index (κ3) is 4.60. The number of hydrogen-bond donors (Lipinski definition) is 1. The molecule has 0 radical (unpaired) electrons. The first-order chi connectivity index (χ1) is 8.38. The van der Waals surface area contributed by atoms with Gasteiger partial charge in [-0.3, -0.25) is 0 Å². The Morgan fingerprint density at radius 3 is 2.63 bits per heavy atom. The summed E-state index contributed by atoms with van der Waals surface area (Å²) in [6.45, 7) is 0.434. The van der Waals surface area contributed by atoms with E-state index in [1.54, 1.807) is 12.1 Å². The molecule has 1 fully saturated rings. The summed E-state index contributed by atoms with van der Waals surface area (Å²) in [5.74, 6) is 0.520. The van der Waals surface area contributed by atoms with Crippen molar-refractivity contribution in [3.05, 3.63) is 17.0 Å². The van der Waals surface area contributed by atoms with Gasteiger partial charge in [-0.25, -0.2) is 13.4 Å². The Balaban J connectivity index is 0.00000180. The van der Waals surface area contributed by atoms with E-state index in [0.717, 1.165) is 4.88 Å². The maximum Gasteiger partial charge on any atom is 0.191 e. The third-order valence-corrected chi connectivity index (χ3v) is 5.75. The van der Waals surface area contributed by atoms with E-state index in [-0.39, 0.29) is 24.0 Å². The molecule has 1 aromatic rings. The zero-order valence-electron chi connectivity index (χ0n) is 10.9. The van der Waals surface area contributed by atoms with Crippen molar-refractivity contribution in [2.45, 2.75) is 29.6 Å². The number of guanidine groups is 1. The largest absolute Gasteiger partial charge is 0.370 e. The SMILES string of the molecule is CN(C(N)=NCc1ccc(S(C)(=O)=O)s1)C1CC1.I. The molecule has 0 aromatic carbocycles. The van der Waals surface area contributed by atoms with Crippen molar-refractivity contribution in [1.82, 2.24) is 4.90 Å². The summed E-state index contributed by atoms with van der Waals surface area (Å²) in [4.78, 5) is 7.17. The summed E-state index contributed by atoms with van der Waals surface area (Å²) in [5.41, 5.74) is 5.86. The van der Waals surface area contributed by atoms with Crippen LogP contribution >= 0.6 is 35.3 Å². The molecule has 5 nitrogen and oxygen atoms in total. The van der Waals surface area contributed by atoms with Gasteiger partial charge in [-0.05, 0) is 25.0 Å². The van der Waals surface area contributed by atoms with Crippen LogP contribution in [0.2, 0.25) is 0 Å². The van der Waals surface area contributed by atoms with Gasteiger partial charge in [-0.15, -0.1) is 35.3 Å². The molecule has 8 heteroatoms. The van der Waals surface area contributed by atoms with Crippen molar-refractivity contribution < 1.29 is 8.42 Å². The summed E-state index contributed by atoms with van der Waals surface area (Å²) < 4.78 is 23.0. The van der Waals surface area contributed by atoms with Crippen molar-refractivity contribution in [3.63, 3.8) is 0 Å². The van der Waals surface area contributed by atoms with Crippen LogP contribution in [0.1, 0.15) is 17.7 Å². The smallest absolute Gasteiger partial charge is 0.191 e. The Morgan fingerprint density at radius 2 is 2.16 bits per heavy atom. The Hall–Kier alpha value is -0.350. The number of rotatable bonds is 4. The number of thiophene rings is 1. The van der Waals surface area contributed by atoms with Gasteiger partial charge in [0.05, 0.1) is 6.54 Å². The van der Waals surface area contributed by atoms with Crippen LogP contribution in [0.3, 0.4) is 0 Å².